The van der Waals surface area contributed by atoms with Crippen molar-refractivity contribution in [2.45, 2.75) is 20.8 Å². The summed E-state index contributed by atoms with van der Waals surface area (Å²) in [5.74, 6) is 0.113. The largest absolute Gasteiger partial charge is 0.293 e. The SMILES string of the molecule is C=C(C)C(C)(C)C(=O)c1ccc(Br)cc1. The normalized spacial score (nSPS) is 11.2. The maximum absolute atomic E-state index is 12.1. The van der Waals surface area contributed by atoms with Crippen molar-refractivity contribution in [2.75, 3.05) is 0 Å². The summed E-state index contributed by atoms with van der Waals surface area (Å²) in [5.41, 5.74) is 1.12. The van der Waals surface area contributed by atoms with Crippen LogP contribution in [0.25, 0.3) is 0 Å². The first-order chi connectivity index (χ1) is 6.85. The lowest BCUT2D eigenvalue weighted by atomic mass is 9.79. The molecule has 1 aromatic carbocycles. The van der Waals surface area contributed by atoms with E-state index in [1.807, 2.05) is 45.0 Å². The Morgan fingerprint density at radius 3 is 2.13 bits per heavy atom. The molecule has 2 heteroatoms. The molecule has 0 atom stereocenters. The van der Waals surface area contributed by atoms with Crippen LogP contribution in [-0.2, 0) is 0 Å². The average molecular weight is 267 g/mol. The van der Waals surface area contributed by atoms with Crippen LogP contribution in [0.2, 0.25) is 0 Å². The first-order valence-electron chi connectivity index (χ1n) is 4.82. The fourth-order valence-corrected chi connectivity index (χ4v) is 1.42. The second kappa shape index (κ2) is 4.31. The van der Waals surface area contributed by atoms with Gasteiger partial charge >= 0.3 is 0 Å². The molecule has 1 aromatic rings. The molecule has 0 aliphatic rings. The Bertz CT molecular complexity index is 388. The van der Waals surface area contributed by atoms with Crippen molar-refractivity contribution in [3.8, 4) is 0 Å². The molecular formula is C13H15BrO. The van der Waals surface area contributed by atoms with Crippen LogP contribution in [0.3, 0.4) is 0 Å². The summed E-state index contributed by atoms with van der Waals surface area (Å²) in [5, 5.41) is 0. The van der Waals surface area contributed by atoms with Crippen LogP contribution < -0.4 is 0 Å². The standard InChI is InChI=1S/C13H15BrO/c1-9(2)13(3,4)12(15)10-5-7-11(14)8-6-10/h5-8H,1H2,2-4H3. The Balaban J connectivity index is 3.05. The number of hydrogen-bond donors (Lipinski definition) is 0. The molecule has 15 heavy (non-hydrogen) atoms. The topological polar surface area (TPSA) is 17.1 Å². The van der Waals surface area contributed by atoms with Gasteiger partial charge in [0.2, 0.25) is 0 Å². The summed E-state index contributed by atoms with van der Waals surface area (Å²) in [7, 11) is 0. The number of carbonyl (C=O) groups excluding carboxylic acids is 1. The Labute approximate surface area is 99.3 Å². The quantitative estimate of drug-likeness (QED) is 0.591. The lowest BCUT2D eigenvalue weighted by Gasteiger charge is -2.23. The van der Waals surface area contributed by atoms with Crippen LogP contribution in [0.4, 0.5) is 0 Å². The van der Waals surface area contributed by atoms with Crippen LogP contribution in [0.15, 0.2) is 40.9 Å². The van der Waals surface area contributed by atoms with E-state index in [2.05, 4.69) is 22.5 Å². The van der Waals surface area contributed by atoms with Gasteiger partial charge in [0.15, 0.2) is 5.78 Å². The molecule has 0 aliphatic carbocycles. The third kappa shape index (κ3) is 2.57. The molecule has 0 radical (unpaired) electrons. The van der Waals surface area contributed by atoms with Gasteiger partial charge in [0, 0.05) is 15.5 Å². The minimum Gasteiger partial charge on any atom is -0.293 e. The van der Waals surface area contributed by atoms with Gasteiger partial charge in [-0.25, -0.2) is 0 Å². The van der Waals surface area contributed by atoms with E-state index < -0.39 is 5.41 Å². The molecule has 1 nitrogen and oxygen atoms in total. The van der Waals surface area contributed by atoms with E-state index in [9.17, 15) is 4.79 Å². The number of rotatable bonds is 3. The number of ketones is 1. The highest BCUT2D eigenvalue weighted by Gasteiger charge is 2.29. The molecule has 0 spiro atoms. The Morgan fingerprint density at radius 2 is 1.73 bits per heavy atom. The molecule has 0 fully saturated rings. The molecule has 0 saturated carbocycles. The highest BCUT2D eigenvalue weighted by atomic mass is 79.9. The summed E-state index contributed by atoms with van der Waals surface area (Å²) < 4.78 is 0.979. The fourth-order valence-electron chi connectivity index (χ4n) is 1.16. The summed E-state index contributed by atoms with van der Waals surface area (Å²) in [6.07, 6.45) is 0. The molecule has 0 aliphatic heterocycles. The van der Waals surface area contributed by atoms with Crippen LogP contribution in [0, 0.1) is 5.41 Å². The zero-order chi connectivity index (χ0) is 11.6. The van der Waals surface area contributed by atoms with Crippen LogP contribution in [0.5, 0.6) is 0 Å². The van der Waals surface area contributed by atoms with Gasteiger partial charge in [-0.15, -0.1) is 0 Å². The molecule has 0 unspecified atom stereocenters. The predicted octanol–water partition coefficient (Wildman–Crippen LogP) is 4.23. The van der Waals surface area contributed by atoms with Crippen LogP contribution in [0.1, 0.15) is 31.1 Å². The van der Waals surface area contributed by atoms with Crippen LogP contribution in [-0.4, -0.2) is 5.78 Å². The molecule has 0 bridgehead atoms. The maximum atomic E-state index is 12.1. The number of carbonyl (C=O) groups is 1. The first kappa shape index (κ1) is 12.2. The van der Waals surface area contributed by atoms with Gasteiger partial charge in [0.1, 0.15) is 0 Å². The predicted molar refractivity (Wildman–Crippen MR) is 67.1 cm³/mol. The average Bonchev–Trinajstić information content (AvgIpc) is 2.17. The molecule has 0 amide bonds. The van der Waals surface area contributed by atoms with Crippen molar-refractivity contribution in [2.24, 2.45) is 5.41 Å². The number of Topliss-reactive ketones (excluding diaryl/α,β-unsaturated/α-hetero) is 1. The van der Waals surface area contributed by atoms with Crippen molar-refractivity contribution >= 4 is 21.7 Å². The summed E-state index contributed by atoms with van der Waals surface area (Å²) in [4.78, 5) is 12.1. The van der Waals surface area contributed by atoms with E-state index in [0.717, 1.165) is 15.6 Å². The zero-order valence-corrected chi connectivity index (χ0v) is 10.9. The second-order valence-corrected chi connectivity index (χ2v) is 5.16. The van der Waals surface area contributed by atoms with Gasteiger partial charge in [0.25, 0.3) is 0 Å². The minimum atomic E-state index is -0.492. The Kier molecular flexibility index (Phi) is 3.50. The summed E-state index contributed by atoms with van der Waals surface area (Å²) >= 11 is 3.35. The molecular weight excluding hydrogens is 252 g/mol. The first-order valence-corrected chi connectivity index (χ1v) is 5.61. The number of hydrogen-bond acceptors (Lipinski definition) is 1. The third-order valence-corrected chi connectivity index (χ3v) is 3.27. The van der Waals surface area contributed by atoms with Crippen molar-refractivity contribution in [1.82, 2.24) is 0 Å². The smallest absolute Gasteiger partial charge is 0.172 e. The molecule has 80 valence electrons. The van der Waals surface area contributed by atoms with E-state index >= 15 is 0 Å². The van der Waals surface area contributed by atoms with Gasteiger partial charge in [-0.1, -0.05) is 40.2 Å². The van der Waals surface area contributed by atoms with E-state index in [4.69, 9.17) is 0 Å². The zero-order valence-electron chi connectivity index (χ0n) is 9.30. The molecule has 1 rings (SSSR count). The minimum absolute atomic E-state index is 0.113. The maximum Gasteiger partial charge on any atom is 0.172 e. The van der Waals surface area contributed by atoms with Crippen molar-refractivity contribution in [1.29, 1.82) is 0 Å². The van der Waals surface area contributed by atoms with Gasteiger partial charge in [0.05, 0.1) is 0 Å². The Hall–Kier alpha value is -0.890. The van der Waals surface area contributed by atoms with Gasteiger partial charge in [-0.3, -0.25) is 4.79 Å². The van der Waals surface area contributed by atoms with Gasteiger partial charge < -0.3 is 0 Å². The summed E-state index contributed by atoms with van der Waals surface area (Å²) in [6.45, 7) is 9.55. The fraction of sp³-hybridized carbons (Fsp3) is 0.308. The van der Waals surface area contributed by atoms with E-state index in [1.54, 1.807) is 0 Å². The van der Waals surface area contributed by atoms with Crippen molar-refractivity contribution in [3.05, 3.63) is 46.5 Å². The number of allylic oxidation sites excluding steroid dienone is 1. The van der Waals surface area contributed by atoms with Crippen molar-refractivity contribution < 1.29 is 4.79 Å². The van der Waals surface area contributed by atoms with Crippen LogP contribution >= 0.6 is 15.9 Å². The highest BCUT2D eigenvalue weighted by molar-refractivity contribution is 9.10. The Morgan fingerprint density at radius 1 is 1.27 bits per heavy atom. The molecule has 0 N–H and O–H groups in total. The lowest BCUT2D eigenvalue weighted by molar-refractivity contribution is 0.0876. The van der Waals surface area contributed by atoms with E-state index in [-0.39, 0.29) is 5.78 Å². The third-order valence-electron chi connectivity index (χ3n) is 2.74. The number of halogens is 1. The van der Waals surface area contributed by atoms with E-state index in [1.165, 1.54) is 0 Å². The highest BCUT2D eigenvalue weighted by Crippen LogP contribution is 2.29. The second-order valence-electron chi connectivity index (χ2n) is 4.24. The lowest BCUT2D eigenvalue weighted by Crippen LogP contribution is -2.25. The van der Waals surface area contributed by atoms with E-state index in [0.29, 0.717) is 0 Å². The summed E-state index contributed by atoms with van der Waals surface area (Å²) in [6, 6.07) is 7.41. The van der Waals surface area contributed by atoms with Gasteiger partial charge in [-0.2, -0.15) is 0 Å². The van der Waals surface area contributed by atoms with Gasteiger partial charge in [-0.05, 0) is 32.9 Å². The molecule has 0 aromatic heterocycles. The number of benzene rings is 1. The monoisotopic (exact) mass is 266 g/mol. The molecule has 0 saturated heterocycles. The van der Waals surface area contributed by atoms with Crippen molar-refractivity contribution in [3.63, 3.8) is 0 Å². The molecule has 0 heterocycles.